The van der Waals surface area contributed by atoms with Crippen molar-refractivity contribution in [3.8, 4) is 22.9 Å². The van der Waals surface area contributed by atoms with Crippen molar-refractivity contribution < 1.29 is 9.53 Å². The summed E-state index contributed by atoms with van der Waals surface area (Å²) < 4.78 is 6.01. The standard InChI is InChI=1S/C26H24N4O2/c1-26(2,3)19-9-11-20(12-10-19)30-24(31)18-6-4-7-21(16-18)32-25-22(8-5-14-28-25)23-13-15-27-17-29-23/h4-17H,1-3H3,(H,30,31). The Labute approximate surface area is 187 Å². The zero-order chi connectivity index (χ0) is 22.6. The number of amides is 1. The van der Waals surface area contributed by atoms with E-state index in [1.54, 1.807) is 42.7 Å². The number of carbonyl (C=O) groups is 1. The fourth-order valence-corrected chi connectivity index (χ4v) is 3.19. The predicted octanol–water partition coefficient (Wildman–Crippen LogP) is 5.88. The fourth-order valence-electron chi connectivity index (χ4n) is 3.19. The number of anilines is 1. The van der Waals surface area contributed by atoms with Gasteiger partial charge in [-0.25, -0.2) is 15.0 Å². The lowest BCUT2D eigenvalue weighted by molar-refractivity contribution is 0.102. The summed E-state index contributed by atoms with van der Waals surface area (Å²) in [5.41, 5.74) is 3.94. The molecule has 6 nitrogen and oxygen atoms in total. The minimum absolute atomic E-state index is 0.0598. The summed E-state index contributed by atoms with van der Waals surface area (Å²) in [6.45, 7) is 6.47. The van der Waals surface area contributed by atoms with Crippen molar-refractivity contribution in [2.45, 2.75) is 26.2 Å². The number of aromatic nitrogens is 3. The Morgan fingerprint density at radius 3 is 2.44 bits per heavy atom. The summed E-state index contributed by atoms with van der Waals surface area (Å²) in [6.07, 6.45) is 4.79. The third-order valence-corrected chi connectivity index (χ3v) is 4.95. The first-order valence-electron chi connectivity index (χ1n) is 10.3. The molecule has 0 unspecified atom stereocenters. The molecule has 4 rings (SSSR count). The largest absolute Gasteiger partial charge is 0.438 e. The SMILES string of the molecule is CC(C)(C)c1ccc(NC(=O)c2cccc(Oc3ncccc3-c3ccncn3)c2)cc1. The van der Waals surface area contributed by atoms with Crippen molar-refractivity contribution in [2.24, 2.45) is 0 Å². The normalized spacial score (nSPS) is 11.1. The van der Waals surface area contributed by atoms with Gasteiger partial charge < -0.3 is 10.1 Å². The molecule has 2 aromatic heterocycles. The Balaban J connectivity index is 1.52. The molecular formula is C26H24N4O2. The summed E-state index contributed by atoms with van der Waals surface area (Å²) in [6, 6.07) is 20.4. The molecule has 0 saturated heterocycles. The van der Waals surface area contributed by atoms with E-state index in [-0.39, 0.29) is 11.3 Å². The third kappa shape index (κ3) is 4.98. The Kier molecular flexibility index (Phi) is 5.94. The van der Waals surface area contributed by atoms with Crippen LogP contribution in [0.3, 0.4) is 0 Å². The molecule has 0 saturated carbocycles. The molecule has 0 aliphatic rings. The Bertz CT molecular complexity index is 1220. The molecule has 0 radical (unpaired) electrons. The maximum atomic E-state index is 12.8. The highest BCUT2D eigenvalue weighted by molar-refractivity contribution is 6.04. The molecule has 1 N–H and O–H groups in total. The molecule has 2 heterocycles. The first kappa shape index (κ1) is 21.2. The van der Waals surface area contributed by atoms with E-state index in [2.05, 4.69) is 41.0 Å². The van der Waals surface area contributed by atoms with Crippen LogP contribution in [0.2, 0.25) is 0 Å². The van der Waals surface area contributed by atoms with Crippen LogP contribution in [-0.2, 0) is 5.41 Å². The average molecular weight is 425 g/mol. The monoisotopic (exact) mass is 424 g/mol. The highest BCUT2D eigenvalue weighted by Crippen LogP contribution is 2.30. The molecular weight excluding hydrogens is 400 g/mol. The number of nitrogens with one attached hydrogen (secondary N) is 1. The van der Waals surface area contributed by atoms with Gasteiger partial charge >= 0.3 is 0 Å². The van der Waals surface area contributed by atoms with Crippen LogP contribution in [0.15, 0.2) is 85.5 Å². The topological polar surface area (TPSA) is 77.0 Å². The van der Waals surface area contributed by atoms with Crippen molar-refractivity contribution in [1.29, 1.82) is 0 Å². The van der Waals surface area contributed by atoms with E-state index in [4.69, 9.17) is 4.74 Å². The summed E-state index contributed by atoms with van der Waals surface area (Å²) in [7, 11) is 0. The van der Waals surface area contributed by atoms with E-state index in [0.29, 0.717) is 22.9 Å². The van der Waals surface area contributed by atoms with Crippen molar-refractivity contribution in [3.63, 3.8) is 0 Å². The number of nitrogens with zero attached hydrogens (tertiary/aromatic N) is 3. The molecule has 6 heteroatoms. The van der Waals surface area contributed by atoms with E-state index >= 15 is 0 Å². The van der Waals surface area contributed by atoms with Crippen LogP contribution in [0.4, 0.5) is 5.69 Å². The molecule has 0 aliphatic carbocycles. The fraction of sp³-hybridized carbons (Fsp3) is 0.154. The van der Waals surface area contributed by atoms with Crippen molar-refractivity contribution in [2.75, 3.05) is 5.32 Å². The number of benzene rings is 2. The van der Waals surface area contributed by atoms with Crippen molar-refractivity contribution >= 4 is 11.6 Å². The van der Waals surface area contributed by atoms with Gasteiger partial charge in [0.05, 0.1) is 11.3 Å². The highest BCUT2D eigenvalue weighted by Gasteiger charge is 2.14. The van der Waals surface area contributed by atoms with Gasteiger partial charge in [-0.1, -0.05) is 39.0 Å². The number of carbonyl (C=O) groups excluding carboxylic acids is 1. The molecule has 1 amide bonds. The van der Waals surface area contributed by atoms with E-state index in [1.807, 2.05) is 36.4 Å². The van der Waals surface area contributed by atoms with Crippen LogP contribution >= 0.6 is 0 Å². The van der Waals surface area contributed by atoms with Crippen LogP contribution in [0.5, 0.6) is 11.6 Å². The van der Waals surface area contributed by atoms with Gasteiger partial charge in [-0.15, -0.1) is 0 Å². The molecule has 160 valence electrons. The summed E-state index contributed by atoms with van der Waals surface area (Å²) >= 11 is 0. The average Bonchev–Trinajstić information content (AvgIpc) is 2.80. The molecule has 0 bridgehead atoms. The van der Waals surface area contributed by atoms with E-state index in [9.17, 15) is 4.79 Å². The first-order chi connectivity index (χ1) is 15.4. The van der Waals surface area contributed by atoms with Crippen molar-refractivity contribution in [3.05, 3.63) is 96.6 Å². The van der Waals surface area contributed by atoms with E-state index in [0.717, 1.165) is 11.3 Å². The van der Waals surface area contributed by atoms with Gasteiger partial charge in [0.15, 0.2) is 0 Å². The van der Waals surface area contributed by atoms with Gasteiger partial charge in [-0.05, 0) is 59.5 Å². The Morgan fingerprint density at radius 2 is 1.72 bits per heavy atom. The smallest absolute Gasteiger partial charge is 0.255 e. The Hall–Kier alpha value is -4.06. The van der Waals surface area contributed by atoms with Gasteiger partial charge in [-0.3, -0.25) is 4.79 Å². The highest BCUT2D eigenvalue weighted by atomic mass is 16.5. The summed E-state index contributed by atoms with van der Waals surface area (Å²) in [5.74, 6) is 0.701. The number of ether oxygens (including phenoxy) is 1. The molecule has 4 aromatic rings. The zero-order valence-electron chi connectivity index (χ0n) is 18.2. The van der Waals surface area contributed by atoms with Crippen LogP contribution in [0, 0.1) is 0 Å². The van der Waals surface area contributed by atoms with Crippen molar-refractivity contribution in [1.82, 2.24) is 15.0 Å². The van der Waals surface area contributed by atoms with Gasteiger partial charge in [0.25, 0.3) is 5.91 Å². The third-order valence-electron chi connectivity index (χ3n) is 4.95. The molecule has 0 atom stereocenters. The minimum Gasteiger partial charge on any atom is -0.438 e. The van der Waals surface area contributed by atoms with Gasteiger partial charge in [0.2, 0.25) is 5.88 Å². The number of hydrogen-bond acceptors (Lipinski definition) is 5. The lowest BCUT2D eigenvalue weighted by Gasteiger charge is -2.19. The van der Waals surface area contributed by atoms with Crippen LogP contribution < -0.4 is 10.1 Å². The van der Waals surface area contributed by atoms with Gasteiger partial charge in [-0.2, -0.15) is 0 Å². The zero-order valence-corrected chi connectivity index (χ0v) is 18.2. The predicted molar refractivity (Wildman–Crippen MR) is 125 cm³/mol. The van der Waals surface area contributed by atoms with Crippen LogP contribution in [0.1, 0.15) is 36.7 Å². The first-order valence-corrected chi connectivity index (χ1v) is 10.3. The minimum atomic E-state index is -0.212. The quantitative estimate of drug-likeness (QED) is 0.433. The van der Waals surface area contributed by atoms with E-state index < -0.39 is 0 Å². The van der Waals surface area contributed by atoms with E-state index in [1.165, 1.54) is 11.9 Å². The Morgan fingerprint density at radius 1 is 0.906 bits per heavy atom. The molecule has 2 aromatic carbocycles. The lowest BCUT2D eigenvalue weighted by Crippen LogP contribution is -2.13. The summed E-state index contributed by atoms with van der Waals surface area (Å²) in [5, 5.41) is 2.94. The van der Waals surface area contributed by atoms with Crippen LogP contribution in [0.25, 0.3) is 11.3 Å². The van der Waals surface area contributed by atoms with Gasteiger partial charge in [0.1, 0.15) is 12.1 Å². The molecule has 0 fully saturated rings. The van der Waals surface area contributed by atoms with Crippen LogP contribution in [-0.4, -0.2) is 20.9 Å². The van der Waals surface area contributed by atoms with Gasteiger partial charge in [0, 0.05) is 23.6 Å². The maximum absolute atomic E-state index is 12.8. The molecule has 0 spiro atoms. The second-order valence-corrected chi connectivity index (χ2v) is 8.36. The second-order valence-electron chi connectivity index (χ2n) is 8.36. The molecule has 0 aliphatic heterocycles. The number of pyridine rings is 1. The maximum Gasteiger partial charge on any atom is 0.255 e. The molecule has 32 heavy (non-hydrogen) atoms. The summed E-state index contributed by atoms with van der Waals surface area (Å²) in [4.78, 5) is 25.3. The second kappa shape index (κ2) is 8.98. The number of rotatable bonds is 5. The number of hydrogen-bond donors (Lipinski definition) is 1. The lowest BCUT2D eigenvalue weighted by atomic mass is 9.87.